The first-order valence-electron chi connectivity index (χ1n) is 6.86. The largest absolute Gasteiger partial charge is 0.465 e. The van der Waals surface area contributed by atoms with Gasteiger partial charge in [0.1, 0.15) is 0 Å². The number of carbonyl (C=O) groups is 1. The van der Waals surface area contributed by atoms with Gasteiger partial charge in [-0.15, -0.1) is 0 Å². The van der Waals surface area contributed by atoms with Gasteiger partial charge in [0.05, 0.1) is 0 Å². The van der Waals surface area contributed by atoms with Crippen molar-refractivity contribution in [2.45, 2.75) is 69.9 Å². The molecule has 3 nitrogen and oxygen atoms in total. The molecule has 1 N–H and O–H groups in total. The van der Waals surface area contributed by atoms with Crippen LogP contribution in [0.4, 0.5) is 4.79 Å². The van der Waals surface area contributed by atoms with Crippen LogP contribution in [0.15, 0.2) is 12.2 Å². The van der Waals surface area contributed by atoms with Gasteiger partial charge in [0.2, 0.25) is 0 Å². The molecule has 0 unspecified atom stereocenters. The molecule has 2 saturated carbocycles. The maximum atomic E-state index is 11.5. The van der Waals surface area contributed by atoms with E-state index in [0.717, 1.165) is 38.5 Å². The van der Waals surface area contributed by atoms with Crippen molar-refractivity contribution in [3.8, 4) is 0 Å². The van der Waals surface area contributed by atoms with Crippen LogP contribution in [0.5, 0.6) is 0 Å². The minimum absolute atomic E-state index is 0.237. The summed E-state index contributed by atoms with van der Waals surface area (Å²) in [6.45, 7) is 4.00. The van der Waals surface area contributed by atoms with Crippen LogP contribution in [0.25, 0.3) is 0 Å². The van der Waals surface area contributed by atoms with Crippen LogP contribution in [-0.2, 0) is 0 Å². The van der Waals surface area contributed by atoms with Crippen LogP contribution in [0, 0.1) is 0 Å². The van der Waals surface area contributed by atoms with Crippen molar-refractivity contribution in [3.63, 3.8) is 0 Å². The number of carboxylic acid groups (broad SMARTS) is 1. The molecular weight excluding hydrogens is 214 g/mol. The molecule has 0 radical (unpaired) electrons. The molecule has 2 aliphatic rings. The van der Waals surface area contributed by atoms with Crippen molar-refractivity contribution >= 4 is 6.09 Å². The van der Waals surface area contributed by atoms with Crippen LogP contribution < -0.4 is 0 Å². The molecule has 1 amide bonds. The highest BCUT2D eigenvalue weighted by Gasteiger charge is 2.32. The second kappa shape index (κ2) is 5.56. The Kier molecular flexibility index (Phi) is 4.08. The highest BCUT2D eigenvalue weighted by Crippen LogP contribution is 2.31. The number of amides is 1. The molecule has 0 atom stereocenters. The van der Waals surface area contributed by atoms with Crippen molar-refractivity contribution in [2.75, 3.05) is 0 Å². The fourth-order valence-corrected chi connectivity index (χ4v) is 3.26. The van der Waals surface area contributed by atoms with Crippen molar-refractivity contribution in [1.29, 1.82) is 0 Å². The summed E-state index contributed by atoms with van der Waals surface area (Å²) < 4.78 is 0. The van der Waals surface area contributed by atoms with Gasteiger partial charge in [-0.25, -0.2) is 4.79 Å². The summed E-state index contributed by atoms with van der Waals surface area (Å²) in [6.07, 6.45) is 9.00. The van der Waals surface area contributed by atoms with Crippen LogP contribution in [-0.4, -0.2) is 28.2 Å². The number of hydrogen-bond acceptors (Lipinski definition) is 1. The third kappa shape index (κ3) is 3.02. The van der Waals surface area contributed by atoms with E-state index in [9.17, 15) is 9.90 Å². The molecule has 0 spiro atoms. The van der Waals surface area contributed by atoms with E-state index in [4.69, 9.17) is 0 Å². The highest BCUT2D eigenvalue weighted by molar-refractivity contribution is 5.66. The molecule has 2 fully saturated rings. The Morgan fingerprint density at radius 1 is 1.06 bits per heavy atom. The summed E-state index contributed by atoms with van der Waals surface area (Å²) in [6, 6.07) is 0.513. The predicted molar refractivity (Wildman–Crippen MR) is 68.1 cm³/mol. The molecular formula is C14H23NO2. The van der Waals surface area contributed by atoms with Gasteiger partial charge < -0.3 is 10.0 Å². The van der Waals surface area contributed by atoms with E-state index in [1.54, 1.807) is 4.90 Å². The third-order valence-corrected chi connectivity index (χ3v) is 4.24. The lowest BCUT2D eigenvalue weighted by molar-refractivity contribution is 0.0744. The number of allylic oxidation sites excluding steroid dienone is 1. The van der Waals surface area contributed by atoms with Crippen LogP contribution in [0.2, 0.25) is 0 Å². The van der Waals surface area contributed by atoms with Gasteiger partial charge in [0.15, 0.2) is 0 Å². The van der Waals surface area contributed by atoms with Crippen molar-refractivity contribution < 1.29 is 9.90 Å². The molecule has 0 saturated heterocycles. The normalized spacial score (nSPS) is 23.6. The molecule has 2 aliphatic carbocycles. The summed E-state index contributed by atoms with van der Waals surface area (Å²) in [7, 11) is 0. The molecule has 0 aromatic carbocycles. The SMILES string of the molecule is C=C1CCC(N(C(=O)O)C2CCCCC2)CC1. The standard InChI is InChI=1S/C14H23NO2/c1-11-7-9-13(10-8-11)15(14(16)17)12-5-3-2-4-6-12/h12-13H,1-10H2,(H,16,17). The van der Waals surface area contributed by atoms with Crippen molar-refractivity contribution in [2.24, 2.45) is 0 Å². The van der Waals surface area contributed by atoms with Crippen LogP contribution in [0.3, 0.4) is 0 Å². The molecule has 0 bridgehead atoms. The third-order valence-electron chi connectivity index (χ3n) is 4.24. The monoisotopic (exact) mass is 237 g/mol. The fourth-order valence-electron chi connectivity index (χ4n) is 3.26. The van der Waals surface area contributed by atoms with Gasteiger partial charge in [-0.2, -0.15) is 0 Å². The minimum Gasteiger partial charge on any atom is -0.465 e. The molecule has 0 heterocycles. The predicted octanol–water partition coefficient (Wildman–Crippen LogP) is 3.80. The fraction of sp³-hybridized carbons (Fsp3) is 0.786. The van der Waals surface area contributed by atoms with Gasteiger partial charge >= 0.3 is 6.09 Å². The van der Waals surface area contributed by atoms with Gasteiger partial charge in [-0.05, 0) is 38.5 Å². The maximum absolute atomic E-state index is 11.5. The molecule has 0 aliphatic heterocycles. The summed E-state index contributed by atoms with van der Waals surface area (Å²) in [5.74, 6) is 0. The zero-order valence-electron chi connectivity index (χ0n) is 10.5. The maximum Gasteiger partial charge on any atom is 0.407 e. The number of hydrogen-bond donors (Lipinski definition) is 1. The van der Waals surface area contributed by atoms with Gasteiger partial charge in [-0.3, -0.25) is 0 Å². The molecule has 3 heteroatoms. The quantitative estimate of drug-likeness (QED) is 0.742. The molecule has 96 valence electrons. The smallest absolute Gasteiger partial charge is 0.407 e. The molecule has 2 rings (SSSR count). The Hall–Kier alpha value is -0.990. The summed E-state index contributed by atoms with van der Waals surface area (Å²) in [5.41, 5.74) is 1.29. The van der Waals surface area contributed by atoms with E-state index in [1.165, 1.54) is 24.8 Å². The van der Waals surface area contributed by atoms with Crippen molar-refractivity contribution in [3.05, 3.63) is 12.2 Å². The molecule has 0 aromatic rings. The summed E-state index contributed by atoms with van der Waals surface area (Å²) in [4.78, 5) is 13.3. The Morgan fingerprint density at radius 2 is 1.59 bits per heavy atom. The Morgan fingerprint density at radius 3 is 2.12 bits per heavy atom. The zero-order chi connectivity index (χ0) is 12.3. The van der Waals surface area contributed by atoms with Gasteiger partial charge in [0.25, 0.3) is 0 Å². The Balaban J connectivity index is 2.00. The van der Waals surface area contributed by atoms with E-state index in [1.807, 2.05) is 0 Å². The van der Waals surface area contributed by atoms with Crippen molar-refractivity contribution in [1.82, 2.24) is 4.90 Å². The first kappa shape index (κ1) is 12.5. The average molecular weight is 237 g/mol. The Labute approximate surface area is 103 Å². The van der Waals surface area contributed by atoms with E-state index in [2.05, 4.69) is 6.58 Å². The minimum atomic E-state index is -0.714. The second-order valence-electron chi connectivity index (χ2n) is 5.46. The zero-order valence-corrected chi connectivity index (χ0v) is 10.5. The van der Waals surface area contributed by atoms with Gasteiger partial charge in [-0.1, -0.05) is 31.4 Å². The Bertz CT molecular complexity index is 285. The van der Waals surface area contributed by atoms with Crippen LogP contribution in [0.1, 0.15) is 57.8 Å². The number of rotatable bonds is 2. The van der Waals surface area contributed by atoms with E-state index in [0.29, 0.717) is 0 Å². The topological polar surface area (TPSA) is 40.5 Å². The van der Waals surface area contributed by atoms with Crippen LogP contribution >= 0.6 is 0 Å². The second-order valence-corrected chi connectivity index (χ2v) is 5.46. The summed E-state index contributed by atoms with van der Waals surface area (Å²) >= 11 is 0. The van der Waals surface area contributed by atoms with Gasteiger partial charge in [0, 0.05) is 12.1 Å². The van der Waals surface area contributed by atoms with E-state index >= 15 is 0 Å². The first-order chi connectivity index (χ1) is 8.18. The highest BCUT2D eigenvalue weighted by atomic mass is 16.4. The average Bonchev–Trinajstić information content (AvgIpc) is 2.33. The first-order valence-corrected chi connectivity index (χ1v) is 6.86. The van der Waals surface area contributed by atoms with E-state index < -0.39 is 6.09 Å². The summed E-state index contributed by atoms with van der Waals surface area (Å²) in [5, 5.41) is 9.45. The lowest BCUT2D eigenvalue weighted by Crippen LogP contribution is -2.48. The number of nitrogens with zero attached hydrogens (tertiary/aromatic N) is 1. The molecule has 17 heavy (non-hydrogen) atoms. The molecule has 0 aromatic heterocycles. The lowest BCUT2D eigenvalue weighted by Gasteiger charge is -2.40. The lowest BCUT2D eigenvalue weighted by atomic mass is 9.87. The van der Waals surface area contributed by atoms with E-state index in [-0.39, 0.29) is 12.1 Å².